The summed E-state index contributed by atoms with van der Waals surface area (Å²) in [7, 11) is -4.15. The number of carbonyl (C=O) groups is 1. The Balaban J connectivity index is 1.91. The third-order valence-electron chi connectivity index (χ3n) is 4.40. The Morgan fingerprint density at radius 2 is 1.67 bits per heavy atom. The Kier molecular flexibility index (Phi) is 5.84. The maximum Gasteiger partial charge on any atom is 0.270 e. The van der Waals surface area contributed by atoms with E-state index in [4.69, 9.17) is 0 Å². The fourth-order valence-electron chi connectivity index (χ4n) is 2.80. The summed E-state index contributed by atoms with van der Waals surface area (Å²) in [6.45, 7) is 3.75. The first kappa shape index (κ1) is 21.0. The number of para-hydroxylation sites is 1. The normalized spacial score (nSPS) is 11.0. The summed E-state index contributed by atoms with van der Waals surface area (Å²) in [5, 5.41) is 13.7. The second-order valence-electron chi connectivity index (χ2n) is 6.68. The van der Waals surface area contributed by atoms with Crippen LogP contribution in [0.25, 0.3) is 0 Å². The van der Waals surface area contributed by atoms with Crippen molar-refractivity contribution < 1.29 is 18.1 Å². The first-order valence-corrected chi connectivity index (χ1v) is 10.4. The van der Waals surface area contributed by atoms with Gasteiger partial charge in [-0.25, -0.2) is 8.42 Å². The topological polar surface area (TPSA) is 118 Å². The minimum atomic E-state index is -4.15. The number of amides is 1. The first-order chi connectivity index (χ1) is 14.2. The van der Waals surface area contributed by atoms with Crippen LogP contribution in [0.4, 0.5) is 17.1 Å². The van der Waals surface area contributed by atoms with Crippen LogP contribution in [0.5, 0.6) is 0 Å². The monoisotopic (exact) mass is 425 g/mol. The lowest BCUT2D eigenvalue weighted by atomic mass is 10.1. The Hall–Kier alpha value is -3.72. The maximum atomic E-state index is 12.8. The molecular formula is C21H19N3O5S. The summed E-state index contributed by atoms with van der Waals surface area (Å²) in [6, 6.07) is 16.4. The van der Waals surface area contributed by atoms with E-state index in [1.807, 2.05) is 32.0 Å². The summed E-state index contributed by atoms with van der Waals surface area (Å²) >= 11 is 0. The summed E-state index contributed by atoms with van der Waals surface area (Å²) in [6.07, 6.45) is 0. The van der Waals surface area contributed by atoms with Gasteiger partial charge in [-0.1, -0.05) is 30.3 Å². The highest BCUT2D eigenvalue weighted by atomic mass is 32.2. The highest BCUT2D eigenvalue weighted by Gasteiger charge is 2.21. The van der Waals surface area contributed by atoms with Crippen LogP contribution < -0.4 is 10.0 Å². The van der Waals surface area contributed by atoms with Crippen molar-refractivity contribution in [1.82, 2.24) is 0 Å². The number of aryl methyl sites for hydroxylation is 2. The van der Waals surface area contributed by atoms with Gasteiger partial charge in [0.15, 0.2) is 0 Å². The van der Waals surface area contributed by atoms with Crippen LogP contribution in [-0.2, 0) is 10.0 Å². The third kappa shape index (κ3) is 4.64. The van der Waals surface area contributed by atoms with Gasteiger partial charge in [-0.2, -0.15) is 0 Å². The Labute approximate surface area is 173 Å². The van der Waals surface area contributed by atoms with Gasteiger partial charge in [0.1, 0.15) is 0 Å². The zero-order valence-corrected chi connectivity index (χ0v) is 17.1. The van der Waals surface area contributed by atoms with Crippen molar-refractivity contribution in [2.75, 3.05) is 10.0 Å². The molecule has 154 valence electrons. The number of benzene rings is 3. The zero-order chi connectivity index (χ0) is 21.9. The molecule has 0 bridgehead atoms. The van der Waals surface area contributed by atoms with Crippen LogP contribution in [0, 0.1) is 24.0 Å². The van der Waals surface area contributed by atoms with Crippen LogP contribution in [0.15, 0.2) is 71.6 Å². The molecule has 0 atom stereocenters. The average Bonchev–Trinajstić information content (AvgIpc) is 2.71. The number of hydrogen-bond acceptors (Lipinski definition) is 5. The van der Waals surface area contributed by atoms with Gasteiger partial charge in [-0.05, 0) is 49.2 Å². The number of hydrogen-bond donors (Lipinski definition) is 2. The van der Waals surface area contributed by atoms with E-state index in [1.54, 1.807) is 12.1 Å². The van der Waals surface area contributed by atoms with Gasteiger partial charge in [0.25, 0.3) is 21.6 Å². The molecule has 0 spiro atoms. The van der Waals surface area contributed by atoms with Gasteiger partial charge in [-0.3, -0.25) is 19.6 Å². The van der Waals surface area contributed by atoms with Gasteiger partial charge < -0.3 is 5.32 Å². The van der Waals surface area contributed by atoms with Gasteiger partial charge in [0.2, 0.25) is 0 Å². The Morgan fingerprint density at radius 3 is 2.40 bits per heavy atom. The van der Waals surface area contributed by atoms with Crippen molar-refractivity contribution in [3.8, 4) is 0 Å². The minimum absolute atomic E-state index is 0.0619. The molecule has 0 fully saturated rings. The predicted octanol–water partition coefficient (Wildman–Crippen LogP) is 4.26. The number of nitrogens with one attached hydrogen (secondary N) is 2. The summed E-state index contributed by atoms with van der Waals surface area (Å²) < 4.78 is 27.8. The Morgan fingerprint density at radius 1 is 0.933 bits per heavy atom. The summed E-state index contributed by atoms with van der Waals surface area (Å²) in [5.74, 6) is -0.485. The smallest absolute Gasteiger partial charge is 0.270 e. The first-order valence-electron chi connectivity index (χ1n) is 8.92. The molecule has 0 saturated carbocycles. The predicted molar refractivity (Wildman–Crippen MR) is 114 cm³/mol. The van der Waals surface area contributed by atoms with Crippen molar-refractivity contribution >= 4 is 33.0 Å². The van der Waals surface area contributed by atoms with Crippen molar-refractivity contribution in [3.05, 3.63) is 93.5 Å². The average molecular weight is 425 g/mol. The standard InChI is InChI=1S/C21H19N3O5S/c1-14-10-11-15(2)20(12-14)22-21(25)18-8-3-4-9-19(18)23-30(28,29)17-7-5-6-16(13-17)24(26)27/h3-13,23H,1-2H3,(H,22,25). The van der Waals surface area contributed by atoms with Crippen molar-refractivity contribution in [2.24, 2.45) is 0 Å². The number of sulfonamides is 1. The molecule has 0 aliphatic heterocycles. The van der Waals surface area contributed by atoms with E-state index in [9.17, 15) is 23.3 Å². The van der Waals surface area contributed by atoms with Gasteiger partial charge >= 0.3 is 0 Å². The molecular weight excluding hydrogens is 406 g/mol. The van der Waals surface area contributed by atoms with Crippen LogP contribution in [0.3, 0.4) is 0 Å². The molecule has 30 heavy (non-hydrogen) atoms. The van der Waals surface area contributed by atoms with Gasteiger partial charge in [0, 0.05) is 17.8 Å². The van der Waals surface area contributed by atoms with Crippen LogP contribution in [-0.4, -0.2) is 19.2 Å². The molecule has 0 unspecified atom stereocenters. The highest BCUT2D eigenvalue weighted by Crippen LogP contribution is 2.24. The highest BCUT2D eigenvalue weighted by molar-refractivity contribution is 7.92. The number of non-ortho nitro benzene ring substituents is 1. The quantitative estimate of drug-likeness (QED) is 0.452. The van der Waals surface area contributed by atoms with E-state index < -0.39 is 20.9 Å². The lowest BCUT2D eigenvalue weighted by Crippen LogP contribution is -2.19. The van der Waals surface area contributed by atoms with Gasteiger partial charge in [0.05, 0.1) is 21.1 Å². The molecule has 0 aromatic heterocycles. The van der Waals surface area contributed by atoms with Crippen LogP contribution in [0.2, 0.25) is 0 Å². The maximum absolute atomic E-state index is 12.8. The van der Waals surface area contributed by atoms with E-state index in [2.05, 4.69) is 10.0 Å². The number of carbonyl (C=O) groups excluding carboxylic acids is 1. The van der Waals surface area contributed by atoms with Crippen molar-refractivity contribution in [3.63, 3.8) is 0 Å². The molecule has 0 heterocycles. The molecule has 0 aliphatic rings. The number of nitrogens with zero attached hydrogens (tertiary/aromatic N) is 1. The molecule has 2 N–H and O–H groups in total. The lowest BCUT2D eigenvalue weighted by molar-refractivity contribution is -0.385. The number of nitro groups is 1. The largest absolute Gasteiger partial charge is 0.322 e. The molecule has 3 aromatic rings. The van der Waals surface area contributed by atoms with E-state index in [0.717, 1.165) is 17.2 Å². The van der Waals surface area contributed by atoms with E-state index in [0.29, 0.717) is 5.69 Å². The summed E-state index contributed by atoms with van der Waals surface area (Å²) in [4.78, 5) is 22.8. The van der Waals surface area contributed by atoms with Crippen molar-refractivity contribution in [2.45, 2.75) is 18.7 Å². The number of anilines is 2. The molecule has 3 aromatic carbocycles. The molecule has 0 radical (unpaired) electrons. The molecule has 0 saturated heterocycles. The van der Waals surface area contributed by atoms with E-state index in [-0.39, 0.29) is 21.8 Å². The third-order valence-corrected chi connectivity index (χ3v) is 5.76. The second kappa shape index (κ2) is 8.34. The SMILES string of the molecule is Cc1ccc(C)c(NC(=O)c2ccccc2NS(=O)(=O)c2cccc([N+](=O)[O-])c2)c1. The van der Waals surface area contributed by atoms with Crippen LogP contribution >= 0.6 is 0 Å². The second-order valence-corrected chi connectivity index (χ2v) is 8.36. The lowest BCUT2D eigenvalue weighted by Gasteiger charge is -2.14. The number of rotatable bonds is 6. The number of nitro benzene ring substituents is 1. The molecule has 8 nitrogen and oxygen atoms in total. The zero-order valence-electron chi connectivity index (χ0n) is 16.2. The van der Waals surface area contributed by atoms with E-state index in [1.165, 1.54) is 30.3 Å². The molecule has 9 heteroatoms. The fraction of sp³-hybridized carbons (Fsp3) is 0.0952. The van der Waals surface area contributed by atoms with Crippen molar-refractivity contribution in [1.29, 1.82) is 0 Å². The summed E-state index contributed by atoms with van der Waals surface area (Å²) in [5.41, 5.74) is 2.29. The molecule has 1 amide bonds. The minimum Gasteiger partial charge on any atom is -0.322 e. The van der Waals surface area contributed by atoms with Gasteiger partial charge in [-0.15, -0.1) is 0 Å². The van der Waals surface area contributed by atoms with E-state index >= 15 is 0 Å². The van der Waals surface area contributed by atoms with Crippen LogP contribution in [0.1, 0.15) is 21.5 Å². The Bertz CT molecular complexity index is 1240. The molecule has 3 rings (SSSR count). The molecule has 0 aliphatic carbocycles. The fourth-order valence-corrected chi connectivity index (χ4v) is 3.92.